The van der Waals surface area contributed by atoms with Crippen molar-refractivity contribution in [3.05, 3.63) is 179 Å². The second-order valence-electron chi connectivity index (χ2n) is 29.6. The van der Waals surface area contributed by atoms with Gasteiger partial charge in [0.1, 0.15) is 0 Å². The fraction of sp³-hybridized carbons (Fsp3) is 0.591. The van der Waals surface area contributed by atoms with Crippen LogP contribution in [0.15, 0.2) is 151 Å². The molecule has 0 amide bonds. The largest absolute Gasteiger partial charge is 0.450 e. The third-order valence-electron chi connectivity index (χ3n) is 22.0. The van der Waals surface area contributed by atoms with Gasteiger partial charge in [0.05, 0.1) is 60.1 Å². The number of esters is 5. The Morgan fingerprint density at radius 2 is 0.554 bits per heavy atom. The maximum atomic E-state index is 14.1. The van der Waals surface area contributed by atoms with E-state index < -0.39 is 276 Å². The summed E-state index contributed by atoms with van der Waals surface area (Å²) in [6.45, 7) is -0.0764. The van der Waals surface area contributed by atoms with Gasteiger partial charge in [-0.1, -0.05) is 376 Å². The zero-order chi connectivity index (χ0) is 140. The van der Waals surface area contributed by atoms with E-state index in [9.17, 15) is 25.3 Å². The van der Waals surface area contributed by atoms with Crippen molar-refractivity contribution >= 4 is 29.8 Å². The summed E-state index contributed by atoms with van der Waals surface area (Å²) < 4.78 is 456. The molecular weight excluding hydrogens is 1630 g/mol. The van der Waals surface area contributed by atoms with Crippen LogP contribution < -0.4 is 0 Å². The van der Waals surface area contributed by atoms with E-state index in [1.54, 1.807) is 78.2 Å². The lowest BCUT2D eigenvalue weighted by molar-refractivity contribution is -0.174. The molecule has 5 aliphatic carbocycles. The molecule has 5 N–H and O–H groups in total. The van der Waals surface area contributed by atoms with Crippen molar-refractivity contribution < 1.29 is 139 Å². The number of hydrogen-bond donors (Lipinski definition) is 5. The third kappa shape index (κ3) is 33.8. The van der Waals surface area contributed by atoms with Crippen LogP contribution in [0.1, 0.15) is 323 Å². The number of hydrogen-bond acceptors (Lipinski definition) is 20. The van der Waals surface area contributed by atoms with E-state index in [0.717, 1.165) is 87.9 Å². The van der Waals surface area contributed by atoms with E-state index in [0.29, 0.717) is 95.5 Å². The lowest BCUT2D eigenvalue weighted by Crippen LogP contribution is -2.45. The molecule has 0 bridgehead atoms. The molecule has 20 nitrogen and oxygen atoms in total. The van der Waals surface area contributed by atoms with E-state index in [1.807, 2.05) is 63.3 Å². The summed E-state index contributed by atoms with van der Waals surface area (Å²) in [6.07, 6.45) is -30.5. The van der Waals surface area contributed by atoms with Crippen LogP contribution >= 0.6 is 0 Å². The Kier molecular flexibility index (Phi) is 25.7. The molecule has 10 rings (SSSR count). The number of ether oxygens (including phenoxy) is 5. The summed E-state index contributed by atoms with van der Waals surface area (Å²) in [6, 6.07) is 12.9. The molecule has 0 heterocycles. The number of carbonyl (C=O) groups excluding carboxylic acids is 5. The smallest absolute Gasteiger partial charge is 0.344 e. The van der Waals surface area contributed by atoms with Gasteiger partial charge in [-0.2, -0.15) is 0 Å². The molecular formula is C110H155N5O15. The fourth-order valence-electron chi connectivity index (χ4n) is 14.1. The molecule has 710 valence electrons. The lowest BCUT2D eigenvalue weighted by atomic mass is 9.73. The number of rotatable bonds is 40. The van der Waals surface area contributed by atoms with Crippen molar-refractivity contribution in [3.8, 4) is 59.2 Å². The first kappa shape index (κ1) is 54.3. The Labute approximate surface area is 855 Å². The van der Waals surface area contributed by atoms with Gasteiger partial charge < -0.3 is 49.2 Å². The van der Waals surface area contributed by atoms with Gasteiger partial charge in [-0.15, -0.1) is 0 Å². The molecule has 5 unspecified atom stereocenters. The van der Waals surface area contributed by atoms with E-state index in [2.05, 4.69) is 63.5 Å². The first-order valence-electron chi connectivity index (χ1n) is 69.5. The highest BCUT2D eigenvalue weighted by atomic mass is 16.6. The van der Waals surface area contributed by atoms with Crippen LogP contribution in [0, 0.1) is 88.7 Å². The van der Waals surface area contributed by atoms with Crippen LogP contribution in [0.4, 0.5) is 0 Å². The number of carbonyl (C=O) groups is 5. The first-order valence-corrected chi connectivity index (χ1v) is 43.5. The topological polar surface area (TPSA) is 249 Å². The Morgan fingerprint density at radius 1 is 0.331 bits per heavy atom. The highest BCUT2D eigenvalue weighted by Crippen LogP contribution is 2.46. The van der Waals surface area contributed by atoms with Crippen LogP contribution in [-0.4, -0.2) is 218 Å². The normalized spacial score (nSPS) is 28.2. The minimum Gasteiger partial charge on any atom is -0.450 e. The standard InChI is InChI=1S/5C22H31NO3/c5*1-3-23(4-2)17-11-12-18-26-21(24)22(25,19-13-7-5-8-14-19)20-15-9-6-10-16-20/h5*5,7-8,13-14,20,25H,3-4,6,9-10,15-18H2,1-2H3/i5D,6D2,7D,8D,9D2,10D2,13D,14D,15D2,16D2,18D2,20D,25D;6D2,9D2,10D2,15D2,16D2,18D2,20D,25D;5D,7D,8D,13D,14D,18D2,25D;1D3,2D3,18D2,25D;18D2,25D. The molecule has 130 heavy (non-hydrogen) atoms. The molecule has 5 aliphatic rings. The van der Waals surface area contributed by atoms with Gasteiger partial charge in [0.2, 0.25) is 7.16 Å². The summed E-state index contributed by atoms with van der Waals surface area (Å²) in [7, 11) is 0. The number of benzene rings is 5. The van der Waals surface area contributed by atoms with Crippen molar-refractivity contribution in [1.29, 1.82) is 7.16 Å². The molecule has 0 radical (unpaired) electrons. The van der Waals surface area contributed by atoms with Crippen molar-refractivity contribution in [2.45, 2.75) is 257 Å². The molecule has 5 saturated carbocycles. The molecule has 0 saturated heterocycles. The van der Waals surface area contributed by atoms with Crippen LogP contribution in [0.3, 0.4) is 0 Å². The molecule has 0 aliphatic heterocycles. The number of aliphatic hydroxyl groups is 5. The first-order chi connectivity index (χ1) is 84.2. The minimum atomic E-state index is -4.65. The van der Waals surface area contributed by atoms with Crippen molar-refractivity contribution in [1.82, 2.24) is 24.5 Å². The van der Waals surface area contributed by atoms with Crippen LogP contribution in [0.2, 0.25) is 0 Å². The van der Waals surface area contributed by atoms with E-state index in [-0.39, 0.29) is 38.0 Å². The summed E-state index contributed by atoms with van der Waals surface area (Å²) in [5.41, 5.74) is -16.0. The van der Waals surface area contributed by atoms with Gasteiger partial charge in [0.25, 0.3) is 0 Å². The highest BCUT2D eigenvalue weighted by Gasteiger charge is 2.52. The van der Waals surface area contributed by atoms with Gasteiger partial charge in [0, 0.05) is 67.9 Å². The van der Waals surface area contributed by atoms with Crippen LogP contribution in [0.25, 0.3) is 0 Å². The quantitative estimate of drug-likeness (QED) is 0.0139. The minimum absolute atomic E-state index is 0.0613. The van der Waals surface area contributed by atoms with Crippen molar-refractivity contribution in [2.24, 2.45) is 29.5 Å². The average molecular weight is 1840 g/mol. The molecule has 5 aromatic carbocycles. The molecule has 20 heteroatoms. The fourth-order valence-corrected chi connectivity index (χ4v) is 14.1. The van der Waals surface area contributed by atoms with E-state index >= 15 is 0 Å². The Bertz CT molecular complexity index is 6830. The van der Waals surface area contributed by atoms with E-state index in [4.69, 9.17) is 111 Å². The predicted octanol–water partition coefficient (Wildman–Crippen LogP) is 16.7. The molecule has 0 spiro atoms. The summed E-state index contributed by atoms with van der Waals surface area (Å²) in [4.78, 5) is 76.5. The van der Waals surface area contributed by atoms with Crippen molar-refractivity contribution in [3.63, 3.8) is 0 Å². The van der Waals surface area contributed by atoms with Crippen LogP contribution in [-0.2, 0) is 75.7 Å². The Morgan fingerprint density at radius 3 is 0.800 bits per heavy atom. The van der Waals surface area contributed by atoms with Gasteiger partial charge in [0.15, 0.2) is 60.8 Å². The SMILES string of the molecule is [2H]OC(C(=O)OC([2H])([2H])C#CCN(CC([2H])([2H])[2H])CC([2H])([2H])[2H])(c1ccccc1)C1CCCCC1.[2H]OC(C(=O)OC([2H])([2H])C#CCN(CC)CC)(c1c([2H])c([2H])c([2H])c([2H])c1[2H])C1([2H])C([2H])([2H])C([2H])([2H])C([2H])([2H])C([2H])([2H])C1([2H])[2H].[2H]OC(C(=O)OC([2H])([2H])C#CCN(CC)CC)(c1c([2H])c([2H])c([2H])c([2H])c1[2H])C1CCCCC1.[2H]OC(C(=O)OC([2H])([2H])C#CCN(CC)CC)(c1ccccc1)C1([2H])C([2H])([2H])C([2H])([2H])C([2H])([2H])C([2H])([2H])C1([2H])[2H].[2H]OC(C(=O)OC([2H])([2H])C#CCN(CC)CC)(c1ccccc1)C1CCCCC1. The van der Waals surface area contributed by atoms with E-state index in [1.165, 1.54) is 18.2 Å². The summed E-state index contributed by atoms with van der Waals surface area (Å²) in [5.74, 6) is 5.42. The molecule has 0 aromatic heterocycles. The Balaban J connectivity index is 0.000000347. The molecule has 5 atom stereocenters. The zero-order valence-electron chi connectivity index (χ0n) is 128. The van der Waals surface area contributed by atoms with Gasteiger partial charge >= 0.3 is 29.8 Å². The maximum Gasteiger partial charge on any atom is 0.344 e. The van der Waals surface area contributed by atoms with Crippen LogP contribution in [0.5, 0.6) is 0 Å². The average Bonchev–Trinajstić information content (AvgIpc) is 0.644. The second kappa shape index (κ2) is 61.5. The van der Waals surface area contributed by atoms with Crippen molar-refractivity contribution in [2.75, 3.05) is 131 Å². The highest BCUT2D eigenvalue weighted by molar-refractivity contribution is 5.84. The van der Waals surface area contributed by atoms with Gasteiger partial charge in [-0.25, -0.2) is 24.0 Å². The second-order valence-corrected chi connectivity index (χ2v) is 29.6. The lowest BCUT2D eigenvalue weighted by Gasteiger charge is -2.36. The predicted molar refractivity (Wildman–Crippen MR) is 517 cm³/mol. The summed E-state index contributed by atoms with van der Waals surface area (Å²) in [5, 5.41) is 24.2. The zero-order valence-corrected chi connectivity index (χ0v) is 75.0. The molecule has 5 aromatic rings. The Hall–Kier alpha value is -9.15. The monoisotopic (exact) mass is 1840 g/mol. The number of nitrogens with zero attached hydrogens (tertiary/aromatic N) is 5. The van der Waals surface area contributed by atoms with Gasteiger partial charge in [-0.3, -0.25) is 24.5 Å². The molecule has 5 fully saturated rings. The third-order valence-corrected chi connectivity index (χ3v) is 22.0. The van der Waals surface area contributed by atoms with Gasteiger partial charge in [-0.05, 0) is 157 Å². The maximum absolute atomic E-state index is 14.1. The summed E-state index contributed by atoms with van der Waals surface area (Å²) >= 11 is 0.